The number of rotatable bonds is 6. The van der Waals surface area contributed by atoms with Crippen LogP contribution in [0.2, 0.25) is 0 Å². The number of nitrogens with one attached hydrogen (secondary N) is 1. The van der Waals surface area contributed by atoms with Crippen LogP contribution in [0.25, 0.3) is 5.82 Å². The van der Waals surface area contributed by atoms with E-state index in [0.717, 1.165) is 24.6 Å². The molecule has 2 aromatic heterocycles. The molecule has 0 spiro atoms. The largest absolute Gasteiger partial charge is 0.573 e. The Hall–Kier alpha value is -3.50. The highest BCUT2D eigenvalue weighted by molar-refractivity contribution is 5.95. The SMILES string of the molecule is Cc1cnc(-n2ncnc2[C@H](C)NC(=O)c2cc(OC(F)(F)F)cc(C3CC3)c2)cn1. The van der Waals surface area contributed by atoms with Gasteiger partial charge in [0.25, 0.3) is 5.91 Å². The highest BCUT2D eigenvalue weighted by atomic mass is 19.4. The molecule has 4 rings (SSSR count). The van der Waals surface area contributed by atoms with Gasteiger partial charge in [-0.3, -0.25) is 9.78 Å². The topological polar surface area (TPSA) is 94.8 Å². The van der Waals surface area contributed by atoms with Crippen LogP contribution in [0.15, 0.2) is 36.9 Å². The molecule has 31 heavy (non-hydrogen) atoms. The van der Waals surface area contributed by atoms with Gasteiger partial charge in [-0.1, -0.05) is 0 Å². The van der Waals surface area contributed by atoms with Crippen molar-refractivity contribution >= 4 is 5.91 Å². The molecule has 3 aromatic rings. The van der Waals surface area contributed by atoms with Crippen molar-refractivity contribution in [1.29, 1.82) is 0 Å². The molecule has 1 N–H and O–H groups in total. The average molecular weight is 432 g/mol. The first-order valence-corrected chi connectivity index (χ1v) is 9.60. The normalized spacial score (nSPS) is 14.9. The fourth-order valence-corrected chi connectivity index (χ4v) is 3.16. The molecule has 1 aliphatic carbocycles. The summed E-state index contributed by atoms with van der Waals surface area (Å²) in [5.41, 5.74) is 1.47. The molecule has 1 aromatic carbocycles. The quantitative estimate of drug-likeness (QED) is 0.639. The highest BCUT2D eigenvalue weighted by Gasteiger charge is 2.33. The Bertz CT molecular complexity index is 1090. The molecule has 1 amide bonds. The van der Waals surface area contributed by atoms with Crippen molar-refractivity contribution in [1.82, 2.24) is 30.0 Å². The Morgan fingerprint density at radius 1 is 1.19 bits per heavy atom. The number of nitrogens with zero attached hydrogens (tertiary/aromatic N) is 5. The lowest BCUT2D eigenvalue weighted by atomic mass is 10.1. The summed E-state index contributed by atoms with van der Waals surface area (Å²) in [5, 5.41) is 6.87. The number of aryl methyl sites for hydroxylation is 1. The molecule has 0 saturated heterocycles. The van der Waals surface area contributed by atoms with Gasteiger partial charge in [-0.05, 0) is 56.4 Å². The number of carbonyl (C=O) groups excluding carboxylic acids is 1. The third kappa shape index (κ3) is 4.98. The van der Waals surface area contributed by atoms with Crippen molar-refractivity contribution in [3.05, 3.63) is 59.6 Å². The van der Waals surface area contributed by atoms with Crippen molar-refractivity contribution in [2.75, 3.05) is 0 Å². The predicted molar refractivity (Wildman–Crippen MR) is 103 cm³/mol. The molecule has 0 radical (unpaired) electrons. The van der Waals surface area contributed by atoms with Crippen LogP contribution < -0.4 is 10.1 Å². The van der Waals surface area contributed by atoms with Crippen molar-refractivity contribution in [2.45, 2.75) is 45.0 Å². The van der Waals surface area contributed by atoms with E-state index in [4.69, 9.17) is 0 Å². The first-order chi connectivity index (χ1) is 14.7. The number of hydrogen-bond acceptors (Lipinski definition) is 6. The zero-order valence-electron chi connectivity index (χ0n) is 16.7. The minimum Gasteiger partial charge on any atom is -0.406 e. The third-order valence-corrected chi connectivity index (χ3v) is 4.77. The first-order valence-electron chi connectivity index (χ1n) is 9.60. The molecule has 0 aliphatic heterocycles. The third-order valence-electron chi connectivity index (χ3n) is 4.77. The summed E-state index contributed by atoms with van der Waals surface area (Å²) in [6.45, 7) is 3.49. The summed E-state index contributed by atoms with van der Waals surface area (Å²) in [6.07, 6.45) is 1.33. The molecule has 1 saturated carbocycles. The Kier molecular flexibility index (Phi) is 5.34. The van der Waals surface area contributed by atoms with Crippen LogP contribution in [-0.2, 0) is 0 Å². The van der Waals surface area contributed by atoms with Gasteiger partial charge in [0.1, 0.15) is 12.1 Å². The van der Waals surface area contributed by atoms with Gasteiger partial charge in [0, 0.05) is 5.56 Å². The van der Waals surface area contributed by atoms with Gasteiger partial charge < -0.3 is 10.1 Å². The molecule has 2 heterocycles. The number of amides is 1. The van der Waals surface area contributed by atoms with Crippen molar-refractivity contribution in [3.8, 4) is 11.6 Å². The maximum absolute atomic E-state index is 12.8. The Morgan fingerprint density at radius 3 is 2.61 bits per heavy atom. The molecule has 0 bridgehead atoms. The molecular formula is C20H19F3N6O2. The van der Waals surface area contributed by atoms with Crippen LogP contribution in [0.1, 0.15) is 59.2 Å². The van der Waals surface area contributed by atoms with Crippen LogP contribution in [0.5, 0.6) is 5.75 Å². The second kappa shape index (κ2) is 7.97. The van der Waals surface area contributed by atoms with Gasteiger partial charge in [-0.15, -0.1) is 13.2 Å². The van der Waals surface area contributed by atoms with E-state index in [0.29, 0.717) is 17.2 Å². The fraction of sp³-hybridized carbons (Fsp3) is 0.350. The monoisotopic (exact) mass is 432 g/mol. The minimum atomic E-state index is -4.84. The number of hydrogen-bond donors (Lipinski definition) is 1. The average Bonchev–Trinajstić information content (AvgIpc) is 3.43. The number of benzene rings is 1. The Labute approximate surface area is 175 Å². The standard InChI is InChI=1S/C20H19F3N6O2/c1-11-8-25-17(9-24-11)29-18(26-10-27-29)12(2)28-19(30)15-5-14(13-3-4-13)6-16(7-15)31-20(21,22)23/h5-10,12-13H,3-4H2,1-2H3,(H,28,30)/t12-/m0/s1. The summed E-state index contributed by atoms with van der Waals surface area (Å²) < 4.78 is 43.6. The summed E-state index contributed by atoms with van der Waals surface area (Å²) in [4.78, 5) is 25.4. The molecule has 0 unspecified atom stereocenters. The maximum Gasteiger partial charge on any atom is 0.573 e. The van der Waals surface area contributed by atoms with Gasteiger partial charge in [0.05, 0.1) is 24.1 Å². The van der Waals surface area contributed by atoms with Crippen molar-refractivity contribution < 1.29 is 22.7 Å². The van der Waals surface area contributed by atoms with Gasteiger partial charge in [0.15, 0.2) is 11.6 Å². The molecule has 1 aliphatic rings. The zero-order chi connectivity index (χ0) is 22.2. The van der Waals surface area contributed by atoms with Crippen molar-refractivity contribution in [3.63, 3.8) is 0 Å². The van der Waals surface area contributed by atoms with E-state index in [2.05, 4.69) is 30.1 Å². The van der Waals surface area contributed by atoms with E-state index in [1.807, 2.05) is 0 Å². The smallest absolute Gasteiger partial charge is 0.406 e. The minimum absolute atomic E-state index is 0.0803. The van der Waals surface area contributed by atoms with E-state index in [-0.39, 0.29) is 11.5 Å². The Balaban J connectivity index is 1.56. The van der Waals surface area contributed by atoms with E-state index >= 15 is 0 Å². The zero-order valence-corrected chi connectivity index (χ0v) is 16.7. The number of aromatic nitrogens is 5. The second-order valence-corrected chi connectivity index (χ2v) is 7.35. The fourth-order valence-electron chi connectivity index (χ4n) is 3.16. The summed E-state index contributed by atoms with van der Waals surface area (Å²) in [5.74, 6) is 0.00995. The van der Waals surface area contributed by atoms with Crippen LogP contribution in [0.4, 0.5) is 13.2 Å². The first kappa shape index (κ1) is 20.8. The second-order valence-electron chi connectivity index (χ2n) is 7.35. The molecule has 8 nitrogen and oxygen atoms in total. The molecule has 162 valence electrons. The van der Waals surface area contributed by atoms with Gasteiger partial charge in [0.2, 0.25) is 0 Å². The number of ether oxygens (including phenoxy) is 1. The van der Waals surface area contributed by atoms with Crippen molar-refractivity contribution in [2.24, 2.45) is 0 Å². The van der Waals surface area contributed by atoms with Crippen LogP contribution in [-0.4, -0.2) is 37.0 Å². The van der Waals surface area contributed by atoms with Crippen LogP contribution in [0.3, 0.4) is 0 Å². The maximum atomic E-state index is 12.8. The lowest BCUT2D eigenvalue weighted by Gasteiger charge is -2.16. The highest BCUT2D eigenvalue weighted by Crippen LogP contribution is 2.42. The summed E-state index contributed by atoms with van der Waals surface area (Å²) >= 11 is 0. The van der Waals surface area contributed by atoms with Gasteiger partial charge in [-0.2, -0.15) is 9.78 Å². The lowest BCUT2D eigenvalue weighted by molar-refractivity contribution is -0.274. The molecule has 11 heteroatoms. The molecule has 1 atom stereocenters. The van der Waals surface area contributed by atoms with E-state index in [1.54, 1.807) is 26.1 Å². The summed E-state index contributed by atoms with van der Waals surface area (Å²) in [6, 6.07) is 3.41. The summed E-state index contributed by atoms with van der Waals surface area (Å²) in [7, 11) is 0. The Morgan fingerprint density at radius 2 is 1.97 bits per heavy atom. The number of halogens is 3. The molecular weight excluding hydrogens is 413 g/mol. The number of carbonyl (C=O) groups is 1. The molecule has 1 fully saturated rings. The van der Waals surface area contributed by atoms with E-state index < -0.39 is 24.1 Å². The lowest BCUT2D eigenvalue weighted by Crippen LogP contribution is -2.29. The number of alkyl halides is 3. The van der Waals surface area contributed by atoms with Gasteiger partial charge >= 0.3 is 6.36 Å². The van der Waals surface area contributed by atoms with E-state index in [9.17, 15) is 18.0 Å². The van der Waals surface area contributed by atoms with E-state index in [1.165, 1.54) is 23.3 Å². The van der Waals surface area contributed by atoms with Gasteiger partial charge in [-0.25, -0.2) is 9.97 Å². The van der Waals surface area contributed by atoms with Crippen LogP contribution in [0, 0.1) is 6.92 Å². The predicted octanol–water partition coefficient (Wildman–Crippen LogP) is 3.63. The van der Waals surface area contributed by atoms with Crippen LogP contribution >= 0.6 is 0 Å².